The normalized spacial score (nSPS) is 23.2. The molecule has 3 N–H and O–H groups in total. The number of amides is 2. The van der Waals surface area contributed by atoms with Crippen LogP contribution < -0.4 is 5.73 Å². The Morgan fingerprint density at radius 1 is 1.05 bits per heavy atom. The molecule has 0 bridgehead atoms. The van der Waals surface area contributed by atoms with E-state index in [1.165, 1.54) is 19.3 Å². The van der Waals surface area contributed by atoms with Crippen molar-refractivity contribution in [2.75, 3.05) is 26.2 Å². The average Bonchev–Trinajstić information content (AvgIpc) is 2.60. The molecule has 0 aromatic rings. The number of hydrogen-bond donors (Lipinski definition) is 1. The van der Waals surface area contributed by atoms with Crippen molar-refractivity contribution in [3.63, 3.8) is 0 Å². The van der Waals surface area contributed by atoms with E-state index in [4.69, 9.17) is 0 Å². The van der Waals surface area contributed by atoms with Crippen molar-refractivity contribution in [2.24, 2.45) is 11.8 Å². The number of hydrogen-bond acceptors (Lipinski definition) is 2. The van der Waals surface area contributed by atoms with Crippen molar-refractivity contribution >= 4 is 11.8 Å². The van der Waals surface area contributed by atoms with Crippen LogP contribution in [0.3, 0.4) is 0 Å². The molecule has 2 rings (SSSR count). The molecule has 22 heavy (non-hydrogen) atoms. The summed E-state index contributed by atoms with van der Waals surface area (Å²) in [4.78, 5) is 28.8. The lowest BCUT2D eigenvalue weighted by Gasteiger charge is -2.37. The molecule has 2 aliphatic rings. The molecular formula is C17H32N3O2+. The highest BCUT2D eigenvalue weighted by Gasteiger charge is 2.33. The Bertz CT molecular complexity index is 363. The highest BCUT2D eigenvalue weighted by Crippen LogP contribution is 2.25. The monoisotopic (exact) mass is 310 g/mol. The lowest BCUT2D eigenvalue weighted by molar-refractivity contribution is -0.417. The van der Waals surface area contributed by atoms with Crippen molar-refractivity contribution in [3.05, 3.63) is 0 Å². The highest BCUT2D eigenvalue weighted by atomic mass is 16.2. The van der Waals surface area contributed by atoms with Gasteiger partial charge in [-0.2, -0.15) is 0 Å². The molecule has 0 aromatic heterocycles. The lowest BCUT2D eigenvalue weighted by atomic mass is 9.88. The van der Waals surface area contributed by atoms with Gasteiger partial charge in [-0.3, -0.25) is 9.59 Å². The van der Waals surface area contributed by atoms with Gasteiger partial charge in [-0.1, -0.05) is 33.1 Å². The molecule has 1 aliphatic heterocycles. The highest BCUT2D eigenvalue weighted by molar-refractivity contribution is 5.82. The van der Waals surface area contributed by atoms with Crippen molar-refractivity contribution in [1.82, 2.24) is 9.80 Å². The minimum atomic E-state index is -0.161. The zero-order valence-corrected chi connectivity index (χ0v) is 14.2. The average molecular weight is 310 g/mol. The van der Waals surface area contributed by atoms with Gasteiger partial charge in [-0.25, -0.2) is 0 Å². The number of piperazine rings is 1. The van der Waals surface area contributed by atoms with Gasteiger partial charge >= 0.3 is 0 Å². The van der Waals surface area contributed by atoms with Gasteiger partial charge in [0.25, 0.3) is 5.91 Å². The summed E-state index contributed by atoms with van der Waals surface area (Å²) in [5, 5.41) is 0. The van der Waals surface area contributed by atoms with E-state index >= 15 is 0 Å². The summed E-state index contributed by atoms with van der Waals surface area (Å²) in [6.45, 7) is 6.89. The predicted molar refractivity (Wildman–Crippen MR) is 85.9 cm³/mol. The maximum absolute atomic E-state index is 12.5. The Morgan fingerprint density at radius 3 is 2.14 bits per heavy atom. The van der Waals surface area contributed by atoms with Gasteiger partial charge in [0.05, 0.1) is 0 Å². The van der Waals surface area contributed by atoms with Gasteiger partial charge in [0.1, 0.15) is 0 Å². The first-order chi connectivity index (χ1) is 10.5. The zero-order valence-electron chi connectivity index (χ0n) is 14.2. The summed E-state index contributed by atoms with van der Waals surface area (Å²) >= 11 is 0. The molecule has 1 aliphatic carbocycles. The first-order valence-electron chi connectivity index (χ1n) is 8.95. The van der Waals surface area contributed by atoms with E-state index in [-0.39, 0.29) is 17.9 Å². The van der Waals surface area contributed by atoms with Gasteiger partial charge in [-0.05, 0) is 19.3 Å². The zero-order chi connectivity index (χ0) is 16.1. The molecule has 0 radical (unpaired) electrons. The summed E-state index contributed by atoms with van der Waals surface area (Å²) in [7, 11) is 0. The fourth-order valence-electron chi connectivity index (χ4n) is 3.52. The molecule has 1 saturated carbocycles. The Kier molecular flexibility index (Phi) is 6.24. The third-order valence-electron chi connectivity index (χ3n) is 5.51. The minimum absolute atomic E-state index is 0.152. The van der Waals surface area contributed by atoms with Gasteiger partial charge in [0, 0.05) is 38.0 Å². The van der Waals surface area contributed by atoms with Crippen LogP contribution in [-0.4, -0.2) is 53.8 Å². The Labute approximate surface area is 134 Å². The summed E-state index contributed by atoms with van der Waals surface area (Å²) in [5.41, 5.74) is 4.04. The van der Waals surface area contributed by atoms with E-state index in [9.17, 15) is 9.59 Å². The van der Waals surface area contributed by atoms with Gasteiger partial charge < -0.3 is 15.5 Å². The molecule has 2 fully saturated rings. The molecule has 1 saturated heterocycles. The molecule has 5 heteroatoms. The van der Waals surface area contributed by atoms with Gasteiger partial charge in [-0.15, -0.1) is 0 Å². The predicted octanol–water partition coefficient (Wildman–Crippen LogP) is 0.894. The third-order valence-corrected chi connectivity index (χ3v) is 5.51. The molecule has 0 unspecified atom stereocenters. The van der Waals surface area contributed by atoms with Crippen LogP contribution in [0, 0.1) is 11.8 Å². The fourth-order valence-corrected chi connectivity index (χ4v) is 3.52. The van der Waals surface area contributed by atoms with Crippen LogP contribution in [-0.2, 0) is 9.59 Å². The Balaban J connectivity index is 1.82. The van der Waals surface area contributed by atoms with Gasteiger partial charge in [0.15, 0.2) is 6.04 Å². The minimum Gasteiger partial charge on any atom is -0.347 e. The number of nitrogens with zero attached hydrogens (tertiary/aromatic N) is 2. The smallest absolute Gasteiger partial charge is 0.281 e. The van der Waals surface area contributed by atoms with Crippen LogP contribution in [0.25, 0.3) is 0 Å². The molecule has 2 amide bonds. The standard InChI is InChI=1S/C17H31N3O2/c1-3-13(2)15(18)17(22)20-11-9-19(10-12-20)16(21)14-7-5-4-6-8-14/h13-15H,3-12,18H2,1-2H3/p+1/t13-,15+/m0/s1. The van der Waals surface area contributed by atoms with Crippen LogP contribution in [0.5, 0.6) is 0 Å². The molecule has 0 spiro atoms. The number of carbonyl (C=O) groups is 2. The Hall–Kier alpha value is -1.10. The van der Waals surface area contributed by atoms with Crippen LogP contribution >= 0.6 is 0 Å². The van der Waals surface area contributed by atoms with Crippen LogP contribution in [0.15, 0.2) is 0 Å². The molecule has 0 aromatic carbocycles. The summed E-state index contributed by atoms with van der Waals surface area (Å²) in [6, 6.07) is -0.161. The van der Waals surface area contributed by atoms with Crippen molar-refractivity contribution in [1.29, 1.82) is 0 Å². The number of carbonyl (C=O) groups excluding carboxylic acids is 2. The third kappa shape index (κ3) is 4.00. The topological polar surface area (TPSA) is 68.3 Å². The quantitative estimate of drug-likeness (QED) is 0.838. The first kappa shape index (κ1) is 17.3. The largest absolute Gasteiger partial charge is 0.347 e. The molecule has 5 nitrogen and oxygen atoms in total. The first-order valence-corrected chi connectivity index (χ1v) is 8.95. The van der Waals surface area contributed by atoms with E-state index in [0.29, 0.717) is 38.0 Å². The molecule has 126 valence electrons. The van der Waals surface area contributed by atoms with E-state index in [0.717, 1.165) is 19.3 Å². The van der Waals surface area contributed by atoms with Crippen molar-refractivity contribution in [3.8, 4) is 0 Å². The summed E-state index contributed by atoms with van der Waals surface area (Å²) in [5.74, 6) is 1.02. The van der Waals surface area contributed by atoms with Crippen molar-refractivity contribution in [2.45, 2.75) is 58.4 Å². The summed E-state index contributed by atoms with van der Waals surface area (Å²) in [6.07, 6.45) is 6.71. The number of quaternary nitrogens is 1. The second-order valence-electron chi connectivity index (χ2n) is 6.98. The summed E-state index contributed by atoms with van der Waals surface area (Å²) < 4.78 is 0. The van der Waals surface area contributed by atoms with Crippen molar-refractivity contribution < 1.29 is 15.3 Å². The van der Waals surface area contributed by atoms with Crippen LogP contribution in [0.4, 0.5) is 0 Å². The SMILES string of the molecule is CC[C@H](C)[C@@H]([NH3+])C(=O)N1CCN(C(=O)C2CCCCC2)CC1. The second-order valence-corrected chi connectivity index (χ2v) is 6.98. The van der Waals surface area contributed by atoms with E-state index in [2.05, 4.69) is 19.6 Å². The second kappa shape index (κ2) is 7.95. The van der Waals surface area contributed by atoms with Gasteiger partial charge in [0.2, 0.25) is 5.91 Å². The lowest BCUT2D eigenvalue weighted by Crippen LogP contribution is -2.71. The molecule has 1 heterocycles. The number of rotatable bonds is 4. The van der Waals surface area contributed by atoms with E-state index in [1.807, 2.05) is 9.80 Å². The van der Waals surface area contributed by atoms with E-state index in [1.54, 1.807) is 0 Å². The molecule has 2 atom stereocenters. The maximum atomic E-state index is 12.5. The van der Waals surface area contributed by atoms with Crippen LogP contribution in [0.2, 0.25) is 0 Å². The molecular weight excluding hydrogens is 278 g/mol. The fraction of sp³-hybridized carbons (Fsp3) is 0.882. The van der Waals surface area contributed by atoms with E-state index < -0.39 is 0 Å². The maximum Gasteiger partial charge on any atom is 0.281 e. The van der Waals surface area contributed by atoms with Crippen LogP contribution in [0.1, 0.15) is 52.4 Å². The Morgan fingerprint density at radius 2 is 1.59 bits per heavy atom.